The molecule has 0 spiro atoms. The molecule has 1 fully saturated rings. The van der Waals surface area contributed by atoms with Crippen molar-refractivity contribution < 1.29 is 28.7 Å². The third kappa shape index (κ3) is 6.80. The van der Waals surface area contributed by atoms with Crippen LogP contribution in [0.15, 0.2) is 48.5 Å². The van der Waals surface area contributed by atoms with E-state index in [1.54, 1.807) is 26.0 Å². The van der Waals surface area contributed by atoms with Gasteiger partial charge < -0.3 is 20.1 Å². The largest absolute Gasteiger partial charge is 0.481 e. The van der Waals surface area contributed by atoms with Crippen molar-refractivity contribution in [3.05, 3.63) is 54.1 Å². The van der Waals surface area contributed by atoms with E-state index >= 15 is 0 Å². The van der Waals surface area contributed by atoms with E-state index in [-0.39, 0.29) is 11.8 Å². The number of ether oxygens (including phenoxy) is 2. The van der Waals surface area contributed by atoms with Crippen molar-refractivity contribution in [2.75, 3.05) is 6.54 Å². The molecule has 1 saturated heterocycles. The fourth-order valence-electron chi connectivity index (χ4n) is 4.80. The Kier molecular flexibility index (Phi) is 9.09. The summed E-state index contributed by atoms with van der Waals surface area (Å²) in [6.45, 7) is 9.01. The van der Waals surface area contributed by atoms with Crippen LogP contribution in [0.25, 0.3) is 11.1 Å². The van der Waals surface area contributed by atoms with Gasteiger partial charge in [0.25, 0.3) is 11.8 Å². The maximum Gasteiger partial charge on any atom is 0.325 e. The van der Waals surface area contributed by atoms with E-state index in [1.807, 2.05) is 57.2 Å². The Hall–Kier alpha value is -3.92. The molecule has 3 aliphatic heterocycles. The number of fused-ring (bicyclic) bond motifs is 12. The van der Waals surface area contributed by atoms with Crippen LogP contribution in [0, 0.1) is 5.92 Å². The first-order valence-corrected chi connectivity index (χ1v) is 13.8. The molecule has 0 aliphatic carbocycles. The number of hydrazine groups is 1. The normalized spacial score (nSPS) is 26.6. The van der Waals surface area contributed by atoms with Crippen LogP contribution in [0.4, 0.5) is 0 Å². The van der Waals surface area contributed by atoms with E-state index in [4.69, 9.17) is 9.47 Å². The van der Waals surface area contributed by atoms with Crippen molar-refractivity contribution >= 4 is 23.7 Å². The van der Waals surface area contributed by atoms with Gasteiger partial charge in [-0.2, -0.15) is 0 Å². The van der Waals surface area contributed by atoms with Crippen LogP contribution in [0.1, 0.15) is 59.1 Å². The third-order valence-corrected chi connectivity index (χ3v) is 7.23. The Bertz CT molecular complexity index is 1250. The van der Waals surface area contributed by atoms with Gasteiger partial charge in [-0.25, -0.2) is 5.43 Å². The molecule has 10 nitrogen and oxygen atoms in total. The number of carbonyl (C=O) groups excluding carboxylic acids is 4. The first kappa shape index (κ1) is 29.1. The molecule has 2 aromatic carbocycles. The van der Waals surface area contributed by atoms with Gasteiger partial charge in [-0.3, -0.25) is 24.2 Å². The molecule has 10 heteroatoms. The summed E-state index contributed by atoms with van der Waals surface area (Å²) in [5, 5.41) is 6.83. The summed E-state index contributed by atoms with van der Waals surface area (Å²) < 4.78 is 11.6. The van der Waals surface area contributed by atoms with E-state index in [1.165, 1.54) is 5.01 Å². The molecular weight excluding hydrogens is 512 g/mol. The molecule has 6 bridgehead atoms. The van der Waals surface area contributed by atoms with Crippen LogP contribution in [0.5, 0.6) is 5.75 Å². The Morgan fingerprint density at radius 3 is 2.27 bits per heavy atom. The number of rotatable bonds is 1. The van der Waals surface area contributed by atoms with Crippen LogP contribution < -0.4 is 20.8 Å². The molecule has 214 valence electrons. The van der Waals surface area contributed by atoms with E-state index < -0.39 is 48.1 Å². The Labute approximate surface area is 234 Å². The monoisotopic (exact) mass is 550 g/mol. The molecule has 2 aromatic rings. The second kappa shape index (κ2) is 12.5. The maximum atomic E-state index is 13.2. The fraction of sp³-hybridized carbons (Fsp3) is 0.467. The number of nitrogens with one attached hydrogen (secondary N) is 3. The van der Waals surface area contributed by atoms with Crippen molar-refractivity contribution in [3.8, 4) is 16.9 Å². The summed E-state index contributed by atoms with van der Waals surface area (Å²) in [4.78, 5) is 52.3. The van der Waals surface area contributed by atoms with Crippen LogP contribution in [0.3, 0.4) is 0 Å². The van der Waals surface area contributed by atoms with Crippen molar-refractivity contribution in [2.24, 2.45) is 5.92 Å². The Balaban J connectivity index is 1.63. The second-order valence-corrected chi connectivity index (χ2v) is 10.8. The highest BCUT2D eigenvalue weighted by Gasteiger charge is 2.34. The molecule has 5 unspecified atom stereocenters. The average Bonchev–Trinajstić information content (AvgIpc) is 2.95. The molecule has 3 N–H and O–H groups in total. The summed E-state index contributed by atoms with van der Waals surface area (Å²) in [5.74, 6) is -1.50. The standard InChI is InChI=1S/C30H38N4O6/c1-17(2)26-28(36)31-18(3)29(37)34-15-7-10-25(33-34)30(38)40-19(4)22-8-6-9-23(16-22)21-11-13-24(14-12-21)39-20(5)27(35)32-26/h6,8-9,11-14,16-20,25-26,33H,7,10,15H2,1-5H3,(H,31,36)(H,32,35). The molecule has 3 aliphatic rings. The van der Waals surface area contributed by atoms with E-state index in [2.05, 4.69) is 16.1 Å². The molecule has 3 amide bonds. The predicted molar refractivity (Wildman–Crippen MR) is 149 cm³/mol. The fourth-order valence-corrected chi connectivity index (χ4v) is 4.80. The van der Waals surface area contributed by atoms with Crippen molar-refractivity contribution in [3.63, 3.8) is 0 Å². The van der Waals surface area contributed by atoms with Gasteiger partial charge in [0.15, 0.2) is 6.10 Å². The van der Waals surface area contributed by atoms with Crippen LogP contribution >= 0.6 is 0 Å². The van der Waals surface area contributed by atoms with Gasteiger partial charge in [0, 0.05) is 6.54 Å². The van der Waals surface area contributed by atoms with Crippen LogP contribution in [-0.4, -0.2) is 59.5 Å². The second-order valence-electron chi connectivity index (χ2n) is 10.8. The molecule has 5 atom stereocenters. The van der Waals surface area contributed by atoms with Crippen molar-refractivity contribution in [1.82, 2.24) is 21.1 Å². The molecule has 40 heavy (non-hydrogen) atoms. The highest BCUT2D eigenvalue weighted by Crippen LogP contribution is 2.27. The zero-order chi connectivity index (χ0) is 29.0. The van der Waals surface area contributed by atoms with Gasteiger partial charge >= 0.3 is 5.97 Å². The number of amides is 3. The topological polar surface area (TPSA) is 126 Å². The minimum atomic E-state index is -0.889. The summed E-state index contributed by atoms with van der Waals surface area (Å²) >= 11 is 0. The highest BCUT2D eigenvalue weighted by atomic mass is 16.5. The SMILES string of the molecule is CC1NC(=O)C(C(C)C)NC(=O)C(C)Oc2ccc(cc2)-c2cccc(c2)C(C)OC(=O)C2CCCN(N2)C1=O. The molecule has 0 saturated carbocycles. The summed E-state index contributed by atoms with van der Waals surface area (Å²) in [7, 11) is 0. The Morgan fingerprint density at radius 1 is 0.850 bits per heavy atom. The number of benzene rings is 2. The van der Waals surface area contributed by atoms with E-state index in [0.29, 0.717) is 25.1 Å². The summed E-state index contributed by atoms with van der Waals surface area (Å²) in [6, 6.07) is 12.6. The predicted octanol–water partition coefficient (Wildman–Crippen LogP) is 2.88. The van der Waals surface area contributed by atoms with Gasteiger partial charge in [-0.1, -0.05) is 44.2 Å². The first-order valence-electron chi connectivity index (χ1n) is 13.8. The van der Waals surface area contributed by atoms with E-state index in [9.17, 15) is 19.2 Å². The van der Waals surface area contributed by atoms with Crippen molar-refractivity contribution in [1.29, 1.82) is 0 Å². The van der Waals surface area contributed by atoms with Gasteiger partial charge in [0.1, 0.15) is 30.0 Å². The smallest absolute Gasteiger partial charge is 0.325 e. The zero-order valence-corrected chi connectivity index (χ0v) is 23.6. The lowest BCUT2D eigenvalue weighted by molar-refractivity contribution is -0.157. The lowest BCUT2D eigenvalue weighted by Gasteiger charge is -2.35. The number of hydrogen-bond acceptors (Lipinski definition) is 7. The lowest BCUT2D eigenvalue weighted by Crippen LogP contribution is -2.61. The molecule has 0 aromatic heterocycles. The highest BCUT2D eigenvalue weighted by molar-refractivity contribution is 5.93. The first-order chi connectivity index (χ1) is 19.0. The molecule has 0 radical (unpaired) electrons. The van der Waals surface area contributed by atoms with Gasteiger partial charge in [-0.15, -0.1) is 0 Å². The minimum Gasteiger partial charge on any atom is -0.481 e. The van der Waals surface area contributed by atoms with E-state index in [0.717, 1.165) is 16.7 Å². The summed E-state index contributed by atoms with van der Waals surface area (Å²) in [5.41, 5.74) is 5.68. The number of carbonyl (C=O) groups is 4. The Morgan fingerprint density at radius 2 is 1.57 bits per heavy atom. The quantitative estimate of drug-likeness (QED) is 0.368. The van der Waals surface area contributed by atoms with Gasteiger partial charge in [0.2, 0.25) is 5.91 Å². The van der Waals surface area contributed by atoms with Gasteiger partial charge in [0.05, 0.1) is 0 Å². The maximum absolute atomic E-state index is 13.2. The number of esters is 1. The third-order valence-electron chi connectivity index (χ3n) is 7.23. The molecule has 3 heterocycles. The minimum absolute atomic E-state index is 0.242. The zero-order valence-electron chi connectivity index (χ0n) is 23.6. The average molecular weight is 551 g/mol. The number of nitrogens with zero attached hydrogens (tertiary/aromatic N) is 1. The summed E-state index contributed by atoms with van der Waals surface area (Å²) in [6.07, 6.45) is -0.248. The van der Waals surface area contributed by atoms with Crippen LogP contribution in [-0.2, 0) is 23.9 Å². The molecule has 5 rings (SSSR count). The van der Waals surface area contributed by atoms with Gasteiger partial charge in [-0.05, 0) is 74.4 Å². The number of hydrogen-bond donors (Lipinski definition) is 3. The van der Waals surface area contributed by atoms with Crippen LogP contribution in [0.2, 0.25) is 0 Å². The van der Waals surface area contributed by atoms with Crippen molar-refractivity contribution in [2.45, 2.75) is 77.8 Å². The molecular formula is C30H38N4O6. The lowest BCUT2D eigenvalue weighted by atomic mass is 10.0.